The van der Waals surface area contributed by atoms with E-state index in [1.807, 2.05) is 13.0 Å². The minimum Gasteiger partial charge on any atom is -0.497 e. The van der Waals surface area contributed by atoms with Gasteiger partial charge in [-0.05, 0) is 36.8 Å². The van der Waals surface area contributed by atoms with Gasteiger partial charge in [0.2, 0.25) is 0 Å². The fraction of sp³-hybridized carbons (Fsp3) is 0.316. The average molecular weight is 343 g/mol. The minimum absolute atomic E-state index is 0.250. The van der Waals surface area contributed by atoms with Gasteiger partial charge in [0.1, 0.15) is 11.5 Å². The summed E-state index contributed by atoms with van der Waals surface area (Å²) >= 11 is 0. The molecule has 1 N–H and O–H groups in total. The molecule has 1 heterocycles. The van der Waals surface area contributed by atoms with Crippen LogP contribution in [0.2, 0.25) is 0 Å². The smallest absolute Gasteiger partial charge is 0.256 e. The molecular formula is C19H21NO5. The number of ether oxygens (including phenoxy) is 4. The van der Waals surface area contributed by atoms with Crippen molar-refractivity contribution in [2.75, 3.05) is 32.8 Å². The Balaban J connectivity index is 1.90. The van der Waals surface area contributed by atoms with Gasteiger partial charge >= 0.3 is 0 Å². The highest BCUT2D eigenvalue weighted by molar-refractivity contribution is 6.06. The number of hydrogen-bond acceptors (Lipinski definition) is 5. The molecule has 0 aromatic heterocycles. The van der Waals surface area contributed by atoms with Gasteiger partial charge in [0, 0.05) is 18.1 Å². The van der Waals surface area contributed by atoms with Crippen LogP contribution in [-0.4, -0.2) is 33.3 Å². The molecule has 1 aliphatic rings. The summed E-state index contributed by atoms with van der Waals surface area (Å²) in [5.41, 5.74) is 1.87. The monoisotopic (exact) mass is 343 g/mol. The normalized spacial score (nSPS) is 12.9. The van der Waals surface area contributed by atoms with E-state index in [2.05, 4.69) is 5.32 Å². The first-order valence-corrected chi connectivity index (χ1v) is 8.06. The highest BCUT2D eigenvalue weighted by Gasteiger charge is 2.18. The fourth-order valence-electron chi connectivity index (χ4n) is 2.66. The number of rotatable bonds is 4. The van der Waals surface area contributed by atoms with Crippen LogP contribution in [0.3, 0.4) is 0 Å². The first kappa shape index (κ1) is 17.0. The molecule has 6 heteroatoms. The van der Waals surface area contributed by atoms with E-state index in [0.29, 0.717) is 47.5 Å². The van der Waals surface area contributed by atoms with Crippen molar-refractivity contribution in [2.45, 2.75) is 13.3 Å². The predicted molar refractivity (Wildman–Crippen MR) is 94.3 cm³/mol. The van der Waals surface area contributed by atoms with Crippen LogP contribution in [0, 0.1) is 6.92 Å². The van der Waals surface area contributed by atoms with E-state index < -0.39 is 0 Å². The zero-order valence-corrected chi connectivity index (χ0v) is 14.5. The highest BCUT2D eigenvalue weighted by Crippen LogP contribution is 2.34. The Morgan fingerprint density at radius 1 is 1.04 bits per heavy atom. The van der Waals surface area contributed by atoms with Crippen molar-refractivity contribution in [1.29, 1.82) is 0 Å². The Morgan fingerprint density at radius 2 is 1.76 bits per heavy atom. The van der Waals surface area contributed by atoms with E-state index in [1.165, 1.54) is 0 Å². The van der Waals surface area contributed by atoms with Crippen molar-refractivity contribution >= 4 is 11.6 Å². The number of benzene rings is 2. The van der Waals surface area contributed by atoms with Gasteiger partial charge in [-0.15, -0.1) is 0 Å². The summed E-state index contributed by atoms with van der Waals surface area (Å²) in [5, 5.41) is 2.88. The zero-order chi connectivity index (χ0) is 17.8. The quantitative estimate of drug-likeness (QED) is 0.921. The number of nitrogens with one attached hydrogen (secondary N) is 1. The molecule has 2 aromatic carbocycles. The average Bonchev–Trinajstić information content (AvgIpc) is 2.85. The molecule has 0 unspecified atom stereocenters. The molecule has 0 atom stereocenters. The van der Waals surface area contributed by atoms with Gasteiger partial charge < -0.3 is 24.3 Å². The van der Waals surface area contributed by atoms with Crippen LogP contribution in [0.5, 0.6) is 23.0 Å². The van der Waals surface area contributed by atoms with Crippen LogP contribution >= 0.6 is 0 Å². The predicted octanol–water partition coefficient (Wildman–Crippen LogP) is 3.43. The third kappa shape index (κ3) is 3.63. The maximum absolute atomic E-state index is 12.8. The first-order valence-electron chi connectivity index (χ1n) is 8.06. The second-order valence-electron chi connectivity index (χ2n) is 5.68. The van der Waals surface area contributed by atoms with Crippen LogP contribution in [0.4, 0.5) is 5.69 Å². The Kier molecular flexibility index (Phi) is 4.97. The molecule has 25 heavy (non-hydrogen) atoms. The van der Waals surface area contributed by atoms with Gasteiger partial charge in [-0.1, -0.05) is 0 Å². The van der Waals surface area contributed by atoms with Gasteiger partial charge in [-0.2, -0.15) is 0 Å². The Morgan fingerprint density at radius 3 is 2.44 bits per heavy atom. The number of methoxy groups -OCH3 is 2. The summed E-state index contributed by atoms with van der Waals surface area (Å²) in [4.78, 5) is 12.8. The number of hydrogen-bond donors (Lipinski definition) is 1. The Bertz CT molecular complexity index is 788. The summed E-state index contributed by atoms with van der Waals surface area (Å²) in [7, 11) is 3.12. The molecule has 1 amide bonds. The first-order chi connectivity index (χ1) is 12.1. The fourth-order valence-corrected chi connectivity index (χ4v) is 2.66. The molecule has 0 bridgehead atoms. The number of fused-ring (bicyclic) bond motifs is 1. The van der Waals surface area contributed by atoms with Crippen LogP contribution in [-0.2, 0) is 0 Å². The number of aryl methyl sites for hydroxylation is 1. The molecule has 0 radical (unpaired) electrons. The summed E-state index contributed by atoms with van der Waals surface area (Å²) in [6.07, 6.45) is 0.816. The molecule has 0 fully saturated rings. The van der Waals surface area contributed by atoms with Crippen molar-refractivity contribution in [3.63, 3.8) is 0 Å². The van der Waals surface area contributed by atoms with E-state index >= 15 is 0 Å². The van der Waals surface area contributed by atoms with Crippen molar-refractivity contribution in [3.8, 4) is 23.0 Å². The lowest BCUT2D eigenvalue weighted by atomic mass is 10.1. The standard InChI is InChI=1S/C19H21NO5/c1-12-9-17-18(25-8-4-7-24-17)11-14(12)19(21)20-15-10-13(22-2)5-6-16(15)23-3/h5-6,9-11H,4,7-8H2,1-3H3,(H,20,21). The Hall–Kier alpha value is -2.89. The van der Waals surface area contributed by atoms with E-state index in [0.717, 1.165) is 12.0 Å². The number of anilines is 1. The number of carbonyl (C=O) groups excluding carboxylic acids is 1. The summed E-state index contributed by atoms with van der Waals surface area (Å²) in [6, 6.07) is 8.79. The van der Waals surface area contributed by atoms with Crippen molar-refractivity contribution in [3.05, 3.63) is 41.5 Å². The number of carbonyl (C=O) groups is 1. The van der Waals surface area contributed by atoms with E-state index in [-0.39, 0.29) is 5.91 Å². The third-order valence-electron chi connectivity index (χ3n) is 3.99. The molecule has 0 spiro atoms. The molecule has 2 aromatic rings. The molecule has 0 saturated carbocycles. The summed E-state index contributed by atoms with van der Waals surface area (Å²) < 4.78 is 21.8. The van der Waals surface area contributed by atoms with Gasteiger partial charge in [0.05, 0.1) is 33.1 Å². The molecule has 3 rings (SSSR count). The van der Waals surface area contributed by atoms with Gasteiger partial charge in [-0.25, -0.2) is 0 Å². The van der Waals surface area contributed by atoms with Crippen LogP contribution in [0.15, 0.2) is 30.3 Å². The minimum atomic E-state index is -0.250. The maximum atomic E-state index is 12.8. The van der Waals surface area contributed by atoms with Crippen LogP contribution < -0.4 is 24.3 Å². The molecule has 132 valence electrons. The van der Waals surface area contributed by atoms with Crippen molar-refractivity contribution < 1.29 is 23.7 Å². The second kappa shape index (κ2) is 7.34. The SMILES string of the molecule is COc1ccc(OC)c(NC(=O)c2cc3c(cc2C)OCCCO3)c1. The lowest BCUT2D eigenvalue weighted by molar-refractivity contribution is 0.102. The maximum Gasteiger partial charge on any atom is 0.256 e. The van der Waals surface area contributed by atoms with Gasteiger partial charge in [-0.3, -0.25) is 4.79 Å². The third-order valence-corrected chi connectivity index (χ3v) is 3.99. The zero-order valence-electron chi connectivity index (χ0n) is 14.5. The molecule has 1 aliphatic heterocycles. The molecular weight excluding hydrogens is 322 g/mol. The summed E-state index contributed by atoms with van der Waals surface area (Å²) in [6.45, 7) is 3.05. The molecule has 6 nitrogen and oxygen atoms in total. The van der Waals surface area contributed by atoms with Crippen LogP contribution in [0.1, 0.15) is 22.3 Å². The molecule has 0 saturated heterocycles. The van der Waals surface area contributed by atoms with E-state index in [9.17, 15) is 4.79 Å². The van der Waals surface area contributed by atoms with Crippen LogP contribution in [0.25, 0.3) is 0 Å². The van der Waals surface area contributed by atoms with Gasteiger partial charge in [0.25, 0.3) is 5.91 Å². The Labute approximate surface area is 146 Å². The highest BCUT2D eigenvalue weighted by atomic mass is 16.5. The topological polar surface area (TPSA) is 66.0 Å². The van der Waals surface area contributed by atoms with Gasteiger partial charge in [0.15, 0.2) is 11.5 Å². The lowest BCUT2D eigenvalue weighted by Crippen LogP contribution is -2.14. The largest absolute Gasteiger partial charge is 0.497 e. The number of amides is 1. The van der Waals surface area contributed by atoms with Crippen molar-refractivity contribution in [2.24, 2.45) is 0 Å². The van der Waals surface area contributed by atoms with Crippen molar-refractivity contribution in [1.82, 2.24) is 0 Å². The van der Waals surface area contributed by atoms with E-state index in [4.69, 9.17) is 18.9 Å². The lowest BCUT2D eigenvalue weighted by Gasteiger charge is -2.14. The van der Waals surface area contributed by atoms with E-state index in [1.54, 1.807) is 38.5 Å². The second-order valence-corrected chi connectivity index (χ2v) is 5.68. The summed E-state index contributed by atoms with van der Waals surface area (Å²) in [5.74, 6) is 2.20. The molecule has 0 aliphatic carbocycles.